The number of rotatable bonds is 22. The summed E-state index contributed by atoms with van der Waals surface area (Å²) in [6, 6.07) is 21.9. The van der Waals surface area contributed by atoms with Crippen molar-refractivity contribution in [2.75, 3.05) is 20.2 Å². The van der Waals surface area contributed by atoms with E-state index < -0.39 is 12.0 Å². The van der Waals surface area contributed by atoms with Gasteiger partial charge in [-0.1, -0.05) is 59.6 Å². The number of aliphatic hydroxyl groups excluding tert-OH is 2. The minimum Gasteiger partial charge on any atom is -0.488 e. The van der Waals surface area contributed by atoms with Crippen LogP contribution in [-0.2, 0) is 44.4 Å². The maximum Gasteiger partial charge on any atom is 0.320 e. The number of nitrogens with zero attached hydrogens (tertiary/aromatic N) is 4. The molecule has 0 spiro atoms. The zero-order chi connectivity index (χ0) is 45.9. The smallest absolute Gasteiger partial charge is 0.320 e. The molecule has 0 amide bonds. The molecule has 2 aromatic heterocycles. The van der Waals surface area contributed by atoms with Crippen LogP contribution in [0, 0.1) is 13.8 Å². The summed E-state index contributed by atoms with van der Waals surface area (Å²) in [7, 11) is 1.70. The molecule has 1 aliphatic heterocycles. The van der Waals surface area contributed by atoms with Gasteiger partial charge in [0.25, 0.3) is 0 Å². The topological polar surface area (TPSA) is 177 Å². The van der Waals surface area contributed by atoms with Crippen LogP contribution >= 0.6 is 23.2 Å². The molecule has 0 saturated heterocycles. The number of hydrogen-bond donors (Lipinski definition) is 4. The zero-order valence-corrected chi connectivity index (χ0v) is 37.7. The Bertz CT molecular complexity index is 2730. The molecule has 7 rings (SSSR count). The molecule has 13 nitrogen and oxygen atoms in total. The van der Waals surface area contributed by atoms with E-state index in [1.165, 1.54) is 0 Å². The second-order valence-electron chi connectivity index (χ2n) is 15.4. The first kappa shape index (κ1) is 46.6. The van der Waals surface area contributed by atoms with Gasteiger partial charge in [0, 0.05) is 96.7 Å². The minimum absolute atomic E-state index is 0.0382. The third-order valence-electron chi connectivity index (χ3n) is 10.9. The molecule has 0 saturated carbocycles. The van der Waals surface area contributed by atoms with Crippen molar-refractivity contribution in [2.24, 2.45) is 9.98 Å². The van der Waals surface area contributed by atoms with Crippen LogP contribution in [0.3, 0.4) is 0 Å². The summed E-state index contributed by atoms with van der Waals surface area (Å²) in [5.41, 5.74) is 11.6. The van der Waals surface area contributed by atoms with Gasteiger partial charge in [-0.25, -0.2) is 0 Å². The fourth-order valence-electron chi connectivity index (χ4n) is 7.23. The molecule has 1 atom stereocenters. The Labute approximate surface area is 387 Å². The van der Waals surface area contributed by atoms with E-state index in [4.69, 9.17) is 42.1 Å². The van der Waals surface area contributed by atoms with E-state index in [1.807, 2.05) is 36.4 Å². The molecular formula is C50H49Cl2N5O8. The fraction of sp³-hybridized carbons (Fsp3) is 0.260. The van der Waals surface area contributed by atoms with Gasteiger partial charge in [0.1, 0.15) is 55.5 Å². The first-order chi connectivity index (χ1) is 31.5. The van der Waals surface area contributed by atoms with E-state index in [0.29, 0.717) is 50.7 Å². The summed E-state index contributed by atoms with van der Waals surface area (Å²) in [5.74, 6) is 0.641. The summed E-state index contributed by atoms with van der Waals surface area (Å²) < 4.78 is 25.1. The van der Waals surface area contributed by atoms with Crippen molar-refractivity contribution in [2.45, 2.75) is 65.9 Å². The molecule has 65 heavy (non-hydrogen) atoms. The predicted octanol–water partition coefficient (Wildman–Crippen LogP) is 8.65. The van der Waals surface area contributed by atoms with Crippen LogP contribution in [0.15, 0.2) is 108 Å². The number of hydrogen-bond acceptors (Lipinski definition) is 12. The van der Waals surface area contributed by atoms with E-state index in [0.717, 1.165) is 61.3 Å². The second kappa shape index (κ2) is 22.0. The number of carboxylic acid groups (broad SMARTS) is 1. The maximum absolute atomic E-state index is 11.8. The summed E-state index contributed by atoms with van der Waals surface area (Å²) in [5, 5.41) is 32.8. The third kappa shape index (κ3) is 12.1. The quantitative estimate of drug-likeness (QED) is 0.0480. The number of nitrogens with one attached hydrogen (secondary N) is 1. The Kier molecular flexibility index (Phi) is 15.8. The Balaban J connectivity index is 1.06. The molecule has 15 heteroatoms. The number of carbonyl (C=O) groups is 1. The lowest BCUT2D eigenvalue weighted by Gasteiger charge is -2.19. The summed E-state index contributed by atoms with van der Waals surface area (Å²) in [6.07, 6.45) is 8.68. The molecule has 0 bridgehead atoms. The summed E-state index contributed by atoms with van der Waals surface area (Å²) in [4.78, 5) is 28.7. The van der Waals surface area contributed by atoms with Crippen LogP contribution < -0.4 is 24.3 Å². The van der Waals surface area contributed by atoms with Crippen molar-refractivity contribution >= 4 is 41.1 Å². The summed E-state index contributed by atoms with van der Waals surface area (Å²) in [6.45, 7) is 5.22. The van der Waals surface area contributed by atoms with Crippen LogP contribution in [0.1, 0.15) is 62.1 Å². The van der Waals surface area contributed by atoms with Crippen LogP contribution in [0.5, 0.6) is 23.0 Å². The van der Waals surface area contributed by atoms with Gasteiger partial charge in [-0.05, 0) is 77.9 Å². The van der Waals surface area contributed by atoms with Crippen molar-refractivity contribution < 1.29 is 39.1 Å². The first-order valence-corrected chi connectivity index (χ1v) is 21.7. The highest BCUT2D eigenvalue weighted by Crippen LogP contribution is 2.37. The lowest BCUT2D eigenvalue weighted by molar-refractivity contribution is -0.140. The number of aromatic nitrogens is 2. The molecule has 4 aromatic carbocycles. The summed E-state index contributed by atoms with van der Waals surface area (Å²) >= 11 is 13.5. The van der Waals surface area contributed by atoms with Gasteiger partial charge >= 0.3 is 5.97 Å². The molecule has 4 N–H and O–H groups in total. The Morgan fingerprint density at radius 2 is 1.29 bits per heavy atom. The average molecular weight is 919 g/mol. The third-order valence-corrected chi connectivity index (χ3v) is 11.5. The van der Waals surface area contributed by atoms with Crippen molar-refractivity contribution in [1.29, 1.82) is 0 Å². The van der Waals surface area contributed by atoms with E-state index in [1.54, 1.807) is 62.3 Å². The molecule has 336 valence electrons. The lowest BCUT2D eigenvalue weighted by atomic mass is 9.92. The van der Waals surface area contributed by atoms with Gasteiger partial charge in [-0.3, -0.25) is 24.7 Å². The van der Waals surface area contributed by atoms with Crippen molar-refractivity contribution in [3.63, 3.8) is 0 Å². The fourth-order valence-corrected chi connectivity index (χ4v) is 7.71. The molecule has 6 aromatic rings. The number of pyridine rings is 2. The van der Waals surface area contributed by atoms with Gasteiger partial charge in [0.05, 0.1) is 28.9 Å². The molecule has 0 aliphatic carbocycles. The Morgan fingerprint density at radius 1 is 0.738 bits per heavy atom. The van der Waals surface area contributed by atoms with Crippen molar-refractivity contribution in [3.8, 4) is 34.1 Å². The second-order valence-corrected chi connectivity index (χ2v) is 16.2. The van der Waals surface area contributed by atoms with Gasteiger partial charge < -0.3 is 39.6 Å². The highest BCUT2D eigenvalue weighted by Gasteiger charge is 2.20. The van der Waals surface area contributed by atoms with Gasteiger partial charge in [-0.2, -0.15) is 0 Å². The van der Waals surface area contributed by atoms with Crippen LogP contribution in [-0.4, -0.2) is 69.4 Å². The number of ether oxygens (including phenoxy) is 4. The van der Waals surface area contributed by atoms with Crippen LogP contribution in [0.4, 0.5) is 0 Å². The van der Waals surface area contributed by atoms with Gasteiger partial charge in [-0.15, -0.1) is 0 Å². The highest BCUT2D eigenvalue weighted by molar-refractivity contribution is 6.32. The molecule has 0 fully saturated rings. The molecule has 0 unspecified atom stereocenters. The maximum atomic E-state index is 11.8. The average Bonchev–Trinajstić information content (AvgIpc) is 4.16. The van der Waals surface area contributed by atoms with E-state index in [-0.39, 0.29) is 52.6 Å². The van der Waals surface area contributed by atoms with Crippen molar-refractivity contribution in [1.82, 2.24) is 15.3 Å². The first-order valence-electron chi connectivity index (χ1n) is 20.9. The standard InChI is InChI=1S/C50H49Cl2N5O8/c1-30-35(28-64-48-16-46(62-27-34-13-37(22-55-21-34)45-24-57-45)38(14-42(48)51)23-56-44(10-11-58)50(60)61)6-4-8-40(30)41-9-5-7-36(31(41)2)29-65-49-17-47(39(25-59)15-43(49)52)63-26-33-12-32(18-53-3)19-54-20-33/h4-9,12-22,44,56,58-59H,10-11,23-29H2,1-3H3,(H,60,61)/t44-/m1/s1. The van der Waals surface area contributed by atoms with E-state index in [9.17, 15) is 20.1 Å². The van der Waals surface area contributed by atoms with E-state index in [2.05, 4.69) is 51.2 Å². The number of aliphatic carboxylic acids is 1. The molecule has 0 radical (unpaired) electrons. The monoisotopic (exact) mass is 917 g/mol. The largest absolute Gasteiger partial charge is 0.488 e. The minimum atomic E-state index is -1.07. The number of benzene rings is 4. The normalized spacial score (nSPS) is 12.5. The molecular weight excluding hydrogens is 869 g/mol. The predicted molar refractivity (Wildman–Crippen MR) is 251 cm³/mol. The number of aliphatic hydroxyl groups is 2. The number of halogens is 2. The van der Waals surface area contributed by atoms with Crippen LogP contribution in [0.25, 0.3) is 11.1 Å². The lowest BCUT2D eigenvalue weighted by Crippen LogP contribution is -2.37. The van der Waals surface area contributed by atoms with E-state index >= 15 is 0 Å². The van der Waals surface area contributed by atoms with Crippen LogP contribution in [0.2, 0.25) is 10.0 Å². The Hall–Kier alpha value is -6.35. The molecule has 3 heterocycles. The Morgan fingerprint density at radius 3 is 1.85 bits per heavy atom. The zero-order valence-electron chi connectivity index (χ0n) is 36.2. The van der Waals surface area contributed by atoms with Gasteiger partial charge in [0.2, 0.25) is 0 Å². The SMILES string of the molecule is CN=Cc1cncc(COc2cc(OCc3cccc(-c4cccc(COc5cc(OCc6cncc(C7=NC7)c6)c(CN[C@H](CCO)C(=O)O)cc5Cl)c4C)c3C)c(Cl)cc2CO)c1. The molecule has 1 aliphatic rings. The van der Waals surface area contributed by atoms with Crippen molar-refractivity contribution in [3.05, 3.63) is 163 Å². The van der Waals surface area contributed by atoms with Gasteiger partial charge in [0.15, 0.2) is 0 Å². The highest BCUT2D eigenvalue weighted by atomic mass is 35.5. The number of carboxylic acids is 1. The number of aliphatic imine (C=N–C) groups is 2.